The largest absolute Gasteiger partial charge is 0.354 e. The van der Waals surface area contributed by atoms with Gasteiger partial charge in [0.2, 0.25) is 0 Å². The molecule has 0 heterocycles. The monoisotopic (exact) mass is 226 g/mol. The van der Waals surface area contributed by atoms with Crippen molar-refractivity contribution in [1.29, 1.82) is 5.26 Å². The number of nitriles is 1. The highest BCUT2D eigenvalue weighted by molar-refractivity contribution is 5.66. The summed E-state index contributed by atoms with van der Waals surface area (Å²) < 4.78 is 13.0. The van der Waals surface area contributed by atoms with Gasteiger partial charge in [0.1, 0.15) is 11.9 Å². The van der Waals surface area contributed by atoms with E-state index in [4.69, 9.17) is 5.26 Å². The van der Waals surface area contributed by atoms with E-state index in [9.17, 15) is 4.39 Å². The van der Waals surface area contributed by atoms with Crippen molar-refractivity contribution in [3.8, 4) is 6.07 Å². The van der Waals surface area contributed by atoms with Gasteiger partial charge in [0.15, 0.2) is 0 Å². The molecule has 0 atom stereocenters. The molecule has 2 nitrogen and oxygen atoms in total. The van der Waals surface area contributed by atoms with Crippen LogP contribution >= 0.6 is 0 Å². The molecular weight excluding hydrogens is 215 g/mol. The molecule has 2 rings (SSSR count). The van der Waals surface area contributed by atoms with Gasteiger partial charge in [0.05, 0.1) is 11.3 Å². The second-order valence-corrected chi connectivity index (χ2v) is 3.80. The number of halogens is 1. The van der Waals surface area contributed by atoms with Gasteiger partial charge in [0.25, 0.3) is 0 Å². The van der Waals surface area contributed by atoms with Crippen molar-refractivity contribution in [2.24, 2.45) is 0 Å². The molecule has 0 bridgehead atoms. The molecule has 0 amide bonds. The Bertz CT molecular complexity index is 585. The molecule has 17 heavy (non-hydrogen) atoms. The predicted molar refractivity (Wildman–Crippen MR) is 65.6 cm³/mol. The van der Waals surface area contributed by atoms with E-state index in [-0.39, 0.29) is 5.82 Å². The maximum atomic E-state index is 13.0. The average molecular weight is 226 g/mol. The van der Waals surface area contributed by atoms with Crippen LogP contribution in [0.4, 0.5) is 15.8 Å². The molecule has 0 unspecified atom stereocenters. The summed E-state index contributed by atoms with van der Waals surface area (Å²) in [6, 6.07) is 13.8. The molecule has 0 radical (unpaired) electrons. The number of aryl methyl sites for hydroxylation is 1. The van der Waals surface area contributed by atoms with E-state index in [1.54, 1.807) is 18.2 Å². The second kappa shape index (κ2) is 4.67. The van der Waals surface area contributed by atoms with E-state index in [2.05, 4.69) is 11.4 Å². The van der Waals surface area contributed by atoms with Gasteiger partial charge in [0, 0.05) is 5.69 Å². The number of anilines is 2. The lowest BCUT2D eigenvalue weighted by Crippen LogP contribution is -1.94. The lowest BCUT2D eigenvalue weighted by atomic mass is 10.1. The first-order valence-corrected chi connectivity index (χ1v) is 5.22. The second-order valence-electron chi connectivity index (χ2n) is 3.80. The third-order valence-electron chi connectivity index (χ3n) is 2.40. The molecular formula is C14H11FN2. The summed E-state index contributed by atoms with van der Waals surface area (Å²) >= 11 is 0. The van der Waals surface area contributed by atoms with Crippen LogP contribution in [0.25, 0.3) is 0 Å². The average Bonchev–Trinajstić information content (AvgIpc) is 2.31. The third-order valence-corrected chi connectivity index (χ3v) is 2.40. The fraction of sp³-hybridized carbons (Fsp3) is 0.0714. The van der Waals surface area contributed by atoms with E-state index < -0.39 is 0 Å². The fourth-order valence-corrected chi connectivity index (χ4v) is 1.58. The van der Waals surface area contributed by atoms with Gasteiger partial charge in [-0.3, -0.25) is 0 Å². The molecule has 2 aromatic rings. The van der Waals surface area contributed by atoms with Gasteiger partial charge in [-0.2, -0.15) is 5.26 Å². The van der Waals surface area contributed by atoms with Crippen LogP contribution in [0.15, 0.2) is 42.5 Å². The van der Waals surface area contributed by atoms with E-state index in [1.807, 2.05) is 19.1 Å². The third kappa shape index (κ3) is 2.61. The lowest BCUT2D eigenvalue weighted by Gasteiger charge is -2.08. The molecule has 3 heteroatoms. The molecule has 0 fully saturated rings. The molecule has 0 aliphatic rings. The van der Waals surface area contributed by atoms with Gasteiger partial charge in [-0.15, -0.1) is 0 Å². The highest BCUT2D eigenvalue weighted by Crippen LogP contribution is 2.21. The Labute approximate surface area is 99.3 Å². The Hall–Kier alpha value is -2.34. The van der Waals surface area contributed by atoms with Crippen molar-refractivity contribution in [3.05, 3.63) is 59.4 Å². The normalized spacial score (nSPS) is 9.71. The highest BCUT2D eigenvalue weighted by atomic mass is 19.1. The summed E-state index contributed by atoms with van der Waals surface area (Å²) in [6.45, 7) is 1.92. The van der Waals surface area contributed by atoms with Crippen molar-refractivity contribution in [3.63, 3.8) is 0 Å². The molecule has 1 N–H and O–H groups in total. The zero-order chi connectivity index (χ0) is 12.3. The van der Waals surface area contributed by atoms with Gasteiger partial charge in [-0.25, -0.2) is 4.39 Å². The molecule has 2 aromatic carbocycles. The Kier molecular flexibility index (Phi) is 3.06. The first-order chi connectivity index (χ1) is 8.19. The van der Waals surface area contributed by atoms with Gasteiger partial charge < -0.3 is 5.32 Å². The molecule has 0 saturated carbocycles. The maximum Gasteiger partial charge on any atom is 0.125 e. The minimum absolute atomic E-state index is 0.305. The van der Waals surface area contributed by atoms with Crippen molar-refractivity contribution in [2.45, 2.75) is 6.92 Å². The minimum Gasteiger partial charge on any atom is -0.354 e. The van der Waals surface area contributed by atoms with Gasteiger partial charge in [-0.1, -0.05) is 12.1 Å². The Balaban J connectivity index is 2.34. The van der Waals surface area contributed by atoms with Crippen LogP contribution in [-0.4, -0.2) is 0 Å². The standard InChI is InChI=1S/C14H11FN2/c1-10-5-6-14(11(7-10)9-16)17-13-4-2-3-12(15)8-13/h2-8,17H,1H3. The maximum absolute atomic E-state index is 13.0. The molecule has 0 aromatic heterocycles. The van der Waals surface area contributed by atoms with Crippen molar-refractivity contribution in [1.82, 2.24) is 0 Å². The van der Waals surface area contributed by atoms with E-state index in [1.165, 1.54) is 12.1 Å². The first-order valence-electron chi connectivity index (χ1n) is 5.22. The highest BCUT2D eigenvalue weighted by Gasteiger charge is 2.03. The quantitative estimate of drug-likeness (QED) is 0.846. The number of rotatable bonds is 2. The SMILES string of the molecule is Cc1ccc(Nc2cccc(F)c2)c(C#N)c1. The topological polar surface area (TPSA) is 35.8 Å². The van der Waals surface area contributed by atoms with Crippen LogP contribution in [0.5, 0.6) is 0 Å². The number of hydrogen-bond acceptors (Lipinski definition) is 2. The van der Waals surface area contributed by atoms with Crippen molar-refractivity contribution >= 4 is 11.4 Å². The van der Waals surface area contributed by atoms with Crippen LogP contribution in [0.1, 0.15) is 11.1 Å². The number of nitrogens with one attached hydrogen (secondary N) is 1. The zero-order valence-electron chi connectivity index (χ0n) is 9.37. The Morgan fingerprint density at radius 3 is 2.71 bits per heavy atom. The summed E-state index contributed by atoms with van der Waals surface area (Å²) in [6.07, 6.45) is 0. The minimum atomic E-state index is -0.305. The Morgan fingerprint density at radius 1 is 1.18 bits per heavy atom. The summed E-state index contributed by atoms with van der Waals surface area (Å²) in [5, 5.41) is 12.0. The molecule has 0 aliphatic heterocycles. The van der Waals surface area contributed by atoms with Crippen molar-refractivity contribution in [2.75, 3.05) is 5.32 Å². The predicted octanol–water partition coefficient (Wildman–Crippen LogP) is 3.75. The summed E-state index contributed by atoms with van der Waals surface area (Å²) in [5.74, 6) is -0.305. The Morgan fingerprint density at radius 2 is 2.00 bits per heavy atom. The zero-order valence-corrected chi connectivity index (χ0v) is 9.37. The summed E-state index contributed by atoms with van der Waals surface area (Å²) in [4.78, 5) is 0. The fourth-order valence-electron chi connectivity index (χ4n) is 1.58. The molecule has 0 saturated heterocycles. The van der Waals surface area contributed by atoms with Crippen LogP contribution in [0.2, 0.25) is 0 Å². The lowest BCUT2D eigenvalue weighted by molar-refractivity contribution is 0.628. The molecule has 0 spiro atoms. The van der Waals surface area contributed by atoms with Crippen molar-refractivity contribution < 1.29 is 4.39 Å². The molecule has 0 aliphatic carbocycles. The number of nitrogens with zero attached hydrogens (tertiary/aromatic N) is 1. The summed E-state index contributed by atoms with van der Waals surface area (Å²) in [7, 11) is 0. The van der Waals surface area contributed by atoms with E-state index >= 15 is 0 Å². The summed E-state index contributed by atoms with van der Waals surface area (Å²) in [5.41, 5.74) is 2.88. The van der Waals surface area contributed by atoms with Gasteiger partial charge >= 0.3 is 0 Å². The van der Waals surface area contributed by atoms with E-state index in [0.29, 0.717) is 16.9 Å². The number of hydrogen-bond donors (Lipinski definition) is 1. The van der Waals surface area contributed by atoms with Crippen LogP contribution in [-0.2, 0) is 0 Å². The molecule has 84 valence electrons. The first kappa shape index (κ1) is 11.2. The van der Waals surface area contributed by atoms with Crippen LogP contribution < -0.4 is 5.32 Å². The van der Waals surface area contributed by atoms with Crippen LogP contribution in [0, 0.1) is 24.1 Å². The van der Waals surface area contributed by atoms with E-state index in [0.717, 1.165) is 5.56 Å². The van der Waals surface area contributed by atoms with Gasteiger partial charge in [-0.05, 0) is 42.8 Å². The smallest absolute Gasteiger partial charge is 0.125 e. The number of benzene rings is 2. The van der Waals surface area contributed by atoms with Crippen LogP contribution in [0.3, 0.4) is 0 Å².